The Kier molecular flexibility index (Phi) is 3.35. The van der Waals surface area contributed by atoms with Gasteiger partial charge in [0.1, 0.15) is 6.07 Å². The Balaban J connectivity index is 2.08. The molecule has 0 saturated carbocycles. The first-order valence-corrected chi connectivity index (χ1v) is 6.11. The van der Waals surface area contributed by atoms with Crippen LogP contribution in [-0.2, 0) is 0 Å². The lowest BCUT2D eigenvalue weighted by Crippen LogP contribution is -2.50. The molecule has 17 heavy (non-hydrogen) atoms. The van der Waals surface area contributed by atoms with Crippen molar-refractivity contribution in [3.05, 3.63) is 29.8 Å². The van der Waals surface area contributed by atoms with Gasteiger partial charge in [0.15, 0.2) is 0 Å². The quantitative estimate of drug-likeness (QED) is 0.819. The Labute approximate surface area is 103 Å². The van der Waals surface area contributed by atoms with Gasteiger partial charge >= 0.3 is 0 Å². The smallest absolute Gasteiger partial charge is 0.101 e. The lowest BCUT2D eigenvalue weighted by molar-refractivity contribution is 0.286. The Hall–Kier alpha value is -1.53. The maximum absolute atomic E-state index is 9.05. The van der Waals surface area contributed by atoms with E-state index >= 15 is 0 Å². The van der Waals surface area contributed by atoms with Gasteiger partial charge in [0, 0.05) is 11.6 Å². The van der Waals surface area contributed by atoms with E-state index in [4.69, 9.17) is 5.26 Å². The molecule has 1 unspecified atom stereocenters. The molecule has 1 aliphatic rings. The fourth-order valence-electron chi connectivity index (χ4n) is 2.42. The number of anilines is 1. The summed E-state index contributed by atoms with van der Waals surface area (Å²) in [5, 5.41) is 16.0. The number of para-hydroxylation sites is 1. The molecule has 0 aliphatic carbocycles. The van der Waals surface area contributed by atoms with Crippen LogP contribution in [0.1, 0.15) is 32.3 Å². The van der Waals surface area contributed by atoms with Gasteiger partial charge in [-0.2, -0.15) is 5.26 Å². The van der Waals surface area contributed by atoms with Crippen LogP contribution in [0.3, 0.4) is 0 Å². The molecule has 1 aliphatic heterocycles. The van der Waals surface area contributed by atoms with Gasteiger partial charge in [-0.05, 0) is 45.4 Å². The fraction of sp³-hybridized carbons (Fsp3) is 0.500. The largest absolute Gasteiger partial charge is 0.381 e. The zero-order valence-electron chi connectivity index (χ0n) is 10.5. The highest BCUT2D eigenvalue weighted by molar-refractivity contribution is 5.57. The van der Waals surface area contributed by atoms with E-state index in [0.29, 0.717) is 6.04 Å². The van der Waals surface area contributed by atoms with Crippen molar-refractivity contribution < 1.29 is 0 Å². The van der Waals surface area contributed by atoms with Gasteiger partial charge in [0.05, 0.1) is 11.3 Å². The van der Waals surface area contributed by atoms with Gasteiger partial charge in [0.25, 0.3) is 0 Å². The lowest BCUT2D eigenvalue weighted by Gasteiger charge is -2.37. The van der Waals surface area contributed by atoms with Crippen LogP contribution in [0.4, 0.5) is 5.69 Å². The van der Waals surface area contributed by atoms with Crippen LogP contribution in [0.15, 0.2) is 24.3 Å². The lowest BCUT2D eigenvalue weighted by atomic mass is 9.89. The molecule has 3 nitrogen and oxygen atoms in total. The Morgan fingerprint density at radius 2 is 2.18 bits per heavy atom. The molecule has 0 radical (unpaired) electrons. The molecule has 1 heterocycles. The zero-order valence-corrected chi connectivity index (χ0v) is 10.5. The van der Waals surface area contributed by atoms with Gasteiger partial charge in [-0.25, -0.2) is 0 Å². The Morgan fingerprint density at radius 3 is 2.88 bits per heavy atom. The second-order valence-electron chi connectivity index (χ2n) is 5.30. The van der Waals surface area contributed by atoms with Crippen LogP contribution in [0.25, 0.3) is 0 Å². The van der Waals surface area contributed by atoms with Crippen LogP contribution >= 0.6 is 0 Å². The molecule has 0 amide bonds. The van der Waals surface area contributed by atoms with Gasteiger partial charge in [0.2, 0.25) is 0 Å². The van der Waals surface area contributed by atoms with E-state index in [2.05, 4.69) is 30.6 Å². The number of nitriles is 1. The minimum Gasteiger partial charge on any atom is -0.381 e. The predicted molar refractivity (Wildman–Crippen MR) is 69.9 cm³/mol. The topological polar surface area (TPSA) is 47.9 Å². The summed E-state index contributed by atoms with van der Waals surface area (Å²) in [6, 6.07) is 10.4. The highest BCUT2D eigenvalue weighted by atomic mass is 15.0. The van der Waals surface area contributed by atoms with Crippen molar-refractivity contribution in [2.75, 3.05) is 11.9 Å². The molecule has 1 aromatic carbocycles. The fourth-order valence-corrected chi connectivity index (χ4v) is 2.42. The van der Waals surface area contributed by atoms with E-state index in [1.165, 1.54) is 0 Å². The number of hydrogen-bond donors (Lipinski definition) is 2. The number of piperidine rings is 1. The van der Waals surface area contributed by atoms with Crippen LogP contribution in [0.5, 0.6) is 0 Å². The molecular formula is C14H19N3. The molecule has 0 aromatic heterocycles. The van der Waals surface area contributed by atoms with E-state index in [0.717, 1.165) is 30.6 Å². The average Bonchev–Trinajstić information content (AvgIpc) is 2.28. The zero-order chi connectivity index (χ0) is 12.3. The van der Waals surface area contributed by atoms with E-state index in [1.807, 2.05) is 24.3 Å². The number of nitrogens with zero attached hydrogens (tertiary/aromatic N) is 1. The summed E-state index contributed by atoms with van der Waals surface area (Å²) in [7, 11) is 0. The first-order valence-electron chi connectivity index (χ1n) is 6.11. The second kappa shape index (κ2) is 4.77. The molecular weight excluding hydrogens is 210 g/mol. The number of rotatable bonds is 2. The minimum atomic E-state index is 0.178. The number of hydrogen-bond acceptors (Lipinski definition) is 3. The molecule has 1 aromatic rings. The second-order valence-corrected chi connectivity index (χ2v) is 5.30. The van der Waals surface area contributed by atoms with E-state index in [9.17, 15) is 0 Å². The molecule has 1 saturated heterocycles. The molecule has 2 rings (SSSR count). The maximum atomic E-state index is 9.05. The first kappa shape index (κ1) is 11.9. The van der Waals surface area contributed by atoms with Crippen LogP contribution < -0.4 is 10.6 Å². The Morgan fingerprint density at radius 1 is 1.41 bits per heavy atom. The van der Waals surface area contributed by atoms with Gasteiger partial charge < -0.3 is 10.6 Å². The Bertz CT molecular complexity index is 431. The molecule has 90 valence electrons. The van der Waals surface area contributed by atoms with Gasteiger partial charge in [-0.3, -0.25) is 0 Å². The summed E-state index contributed by atoms with van der Waals surface area (Å²) in [5.41, 5.74) is 1.86. The summed E-state index contributed by atoms with van der Waals surface area (Å²) in [6.07, 6.45) is 2.18. The van der Waals surface area contributed by atoms with Crippen molar-refractivity contribution in [2.24, 2.45) is 0 Å². The maximum Gasteiger partial charge on any atom is 0.101 e. The predicted octanol–water partition coefficient (Wildman–Crippen LogP) is 2.50. The van der Waals surface area contributed by atoms with Crippen molar-refractivity contribution >= 4 is 5.69 Å². The minimum absolute atomic E-state index is 0.178. The molecule has 1 atom stereocenters. The third kappa shape index (κ3) is 2.98. The van der Waals surface area contributed by atoms with Gasteiger partial charge in [-0.1, -0.05) is 12.1 Å². The first-order chi connectivity index (χ1) is 8.11. The third-order valence-electron chi connectivity index (χ3n) is 3.26. The van der Waals surface area contributed by atoms with Crippen molar-refractivity contribution in [2.45, 2.75) is 38.3 Å². The SMILES string of the molecule is CC1(C)CC(Nc2ccccc2C#N)CCN1. The van der Waals surface area contributed by atoms with Crippen molar-refractivity contribution in [1.82, 2.24) is 5.32 Å². The standard InChI is InChI=1S/C14H19N3/c1-14(2)9-12(7-8-16-14)17-13-6-4-3-5-11(13)10-15/h3-6,12,16-17H,7-9H2,1-2H3. The highest BCUT2D eigenvalue weighted by Gasteiger charge is 2.27. The van der Waals surface area contributed by atoms with Crippen LogP contribution in [-0.4, -0.2) is 18.1 Å². The van der Waals surface area contributed by atoms with E-state index in [1.54, 1.807) is 0 Å². The summed E-state index contributed by atoms with van der Waals surface area (Å²) >= 11 is 0. The highest BCUT2D eigenvalue weighted by Crippen LogP contribution is 2.23. The normalized spacial score (nSPS) is 22.8. The van der Waals surface area contributed by atoms with E-state index < -0.39 is 0 Å². The van der Waals surface area contributed by atoms with Crippen LogP contribution in [0, 0.1) is 11.3 Å². The van der Waals surface area contributed by atoms with Crippen molar-refractivity contribution in [3.63, 3.8) is 0 Å². The van der Waals surface area contributed by atoms with Gasteiger partial charge in [-0.15, -0.1) is 0 Å². The summed E-state index contributed by atoms with van der Waals surface area (Å²) in [5.74, 6) is 0. The summed E-state index contributed by atoms with van der Waals surface area (Å²) < 4.78 is 0. The molecule has 0 bridgehead atoms. The molecule has 3 heteroatoms. The number of benzene rings is 1. The molecule has 2 N–H and O–H groups in total. The van der Waals surface area contributed by atoms with Crippen molar-refractivity contribution in [3.8, 4) is 6.07 Å². The van der Waals surface area contributed by atoms with Crippen LogP contribution in [0.2, 0.25) is 0 Å². The summed E-state index contributed by atoms with van der Waals surface area (Å²) in [6.45, 7) is 5.47. The molecule has 1 fully saturated rings. The average molecular weight is 229 g/mol. The third-order valence-corrected chi connectivity index (χ3v) is 3.26. The van der Waals surface area contributed by atoms with E-state index in [-0.39, 0.29) is 5.54 Å². The number of nitrogens with one attached hydrogen (secondary N) is 2. The molecule has 0 spiro atoms. The monoisotopic (exact) mass is 229 g/mol. The summed E-state index contributed by atoms with van der Waals surface area (Å²) in [4.78, 5) is 0. The van der Waals surface area contributed by atoms with Crippen molar-refractivity contribution in [1.29, 1.82) is 5.26 Å².